The van der Waals surface area contributed by atoms with Crippen LogP contribution in [0.25, 0.3) is 11.3 Å². The highest BCUT2D eigenvalue weighted by Crippen LogP contribution is 2.24. The summed E-state index contributed by atoms with van der Waals surface area (Å²) in [6.45, 7) is 7.50. The lowest BCUT2D eigenvalue weighted by Crippen LogP contribution is -2.27. The van der Waals surface area contributed by atoms with Crippen LogP contribution in [0.5, 0.6) is 0 Å². The molecule has 2 aromatic carbocycles. The van der Waals surface area contributed by atoms with Crippen molar-refractivity contribution in [1.29, 1.82) is 0 Å². The van der Waals surface area contributed by atoms with Crippen molar-refractivity contribution in [2.24, 2.45) is 5.41 Å². The van der Waals surface area contributed by atoms with Gasteiger partial charge in [-0.3, -0.25) is 9.59 Å². The predicted molar refractivity (Wildman–Crippen MR) is 115 cm³/mol. The van der Waals surface area contributed by atoms with Crippen molar-refractivity contribution in [1.82, 2.24) is 4.98 Å². The molecule has 5 nitrogen and oxygen atoms in total. The number of carbonyl (C=O) groups excluding carboxylic acids is 2. The summed E-state index contributed by atoms with van der Waals surface area (Å²) >= 11 is 1.61. The van der Waals surface area contributed by atoms with Gasteiger partial charge in [-0.1, -0.05) is 39.0 Å². The van der Waals surface area contributed by atoms with Crippen LogP contribution in [0.4, 0.5) is 11.4 Å². The van der Waals surface area contributed by atoms with Gasteiger partial charge in [0, 0.05) is 33.3 Å². The van der Waals surface area contributed by atoms with Gasteiger partial charge in [-0.05, 0) is 37.3 Å². The van der Waals surface area contributed by atoms with Crippen molar-refractivity contribution in [3.8, 4) is 11.3 Å². The van der Waals surface area contributed by atoms with Crippen molar-refractivity contribution in [3.63, 3.8) is 0 Å². The molecule has 0 aliphatic heterocycles. The Kier molecular flexibility index (Phi) is 5.61. The number of thiazole rings is 1. The molecule has 2 N–H and O–H groups in total. The van der Waals surface area contributed by atoms with Crippen molar-refractivity contribution in [2.45, 2.75) is 27.7 Å². The van der Waals surface area contributed by atoms with Crippen LogP contribution >= 0.6 is 11.3 Å². The number of amides is 2. The van der Waals surface area contributed by atoms with Gasteiger partial charge in [0.2, 0.25) is 5.91 Å². The predicted octanol–water partition coefficient (Wildman–Crippen LogP) is 5.36. The van der Waals surface area contributed by atoms with E-state index in [9.17, 15) is 9.59 Å². The highest BCUT2D eigenvalue weighted by atomic mass is 32.1. The minimum absolute atomic E-state index is 0.0991. The normalized spacial score (nSPS) is 11.1. The molecule has 3 aromatic rings. The first-order valence-electron chi connectivity index (χ1n) is 8.98. The summed E-state index contributed by atoms with van der Waals surface area (Å²) in [6.07, 6.45) is 0. The summed E-state index contributed by atoms with van der Waals surface area (Å²) in [5.74, 6) is -0.331. The quantitative estimate of drug-likeness (QED) is 0.627. The van der Waals surface area contributed by atoms with E-state index in [-0.39, 0.29) is 11.8 Å². The van der Waals surface area contributed by atoms with E-state index < -0.39 is 5.41 Å². The monoisotopic (exact) mass is 393 g/mol. The Labute approximate surface area is 168 Å². The lowest BCUT2D eigenvalue weighted by atomic mass is 9.95. The van der Waals surface area contributed by atoms with Crippen LogP contribution < -0.4 is 10.6 Å². The molecule has 0 atom stereocenters. The van der Waals surface area contributed by atoms with Crippen LogP contribution in [0.3, 0.4) is 0 Å². The van der Waals surface area contributed by atoms with Gasteiger partial charge >= 0.3 is 0 Å². The van der Waals surface area contributed by atoms with E-state index in [4.69, 9.17) is 0 Å². The average molecular weight is 394 g/mol. The molecule has 2 amide bonds. The Hall–Kier alpha value is -2.99. The first-order valence-corrected chi connectivity index (χ1v) is 9.86. The van der Waals surface area contributed by atoms with Gasteiger partial charge in [0.05, 0.1) is 10.7 Å². The molecule has 0 aliphatic rings. The summed E-state index contributed by atoms with van der Waals surface area (Å²) in [5, 5.41) is 8.76. The Morgan fingerprint density at radius 1 is 0.964 bits per heavy atom. The van der Waals surface area contributed by atoms with Gasteiger partial charge in [-0.25, -0.2) is 4.98 Å². The number of nitrogens with zero attached hydrogens (tertiary/aromatic N) is 1. The maximum Gasteiger partial charge on any atom is 0.255 e. The molecule has 144 valence electrons. The Morgan fingerprint density at radius 3 is 2.29 bits per heavy atom. The molecule has 1 heterocycles. The number of anilines is 2. The second-order valence-corrected chi connectivity index (χ2v) is 8.63. The van der Waals surface area contributed by atoms with E-state index in [1.807, 2.05) is 57.3 Å². The fraction of sp³-hybridized carbons (Fsp3) is 0.227. The fourth-order valence-corrected chi connectivity index (χ4v) is 3.10. The molecule has 0 fully saturated rings. The molecular formula is C22H23N3O2S. The van der Waals surface area contributed by atoms with Gasteiger partial charge in [-0.15, -0.1) is 11.3 Å². The lowest BCUT2D eigenvalue weighted by Gasteiger charge is -2.18. The molecule has 0 saturated heterocycles. The van der Waals surface area contributed by atoms with Crippen molar-refractivity contribution >= 4 is 34.5 Å². The van der Waals surface area contributed by atoms with Crippen molar-refractivity contribution in [2.75, 3.05) is 10.6 Å². The standard InChI is InChI=1S/C22H23N3O2S/c1-14-23-19(13-28-14)15-8-10-17(11-9-15)24-20(26)16-6-5-7-18(12-16)25-21(27)22(2,3)4/h5-13H,1-4H3,(H,24,26)(H,25,27). The third-order valence-electron chi connectivity index (χ3n) is 4.12. The summed E-state index contributed by atoms with van der Waals surface area (Å²) in [4.78, 5) is 29.2. The zero-order valence-corrected chi connectivity index (χ0v) is 17.2. The Bertz CT molecular complexity index is 1000. The number of nitrogens with one attached hydrogen (secondary N) is 2. The van der Waals surface area contributed by atoms with Gasteiger partial charge in [-0.2, -0.15) is 0 Å². The van der Waals surface area contributed by atoms with E-state index in [2.05, 4.69) is 15.6 Å². The Balaban J connectivity index is 1.69. The largest absolute Gasteiger partial charge is 0.326 e. The van der Waals surface area contributed by atoms with Crippen molar-refractivity contribution < 1.29 is 9.59 Å². The summed E-state index contributed by atoms with van der Waals surface area (Å²) < 4.78 is 0. The molecule has 3 rings (SSSR count). The summed E-state index contributed by atoms with van der Waals surface area (Å²) in [6, 6.07) is 14.5. The van der Waals surface area contributed by atoms with E-state index in [0.29, 0.717) is 16.9 Å². The molecule has 0 unspecified atom stereocenters. The summed E-state index contributed by atoms with van der Waals surface area (Å²) in [7, 11) is 0. The van der Waals surface area contributed by atoms with E-state index in [0.717, 1.165) is 16.3 Å². The first kappa shape index (κ1) is 19.8. The van der Waals surface area contributed by atoms with Gasteiger partial charge in [0.1, 0.15) is 0 Å². The molecule has 0 spiro atoms. The topological polar surface area (TPSA) is 71.1 Å². The minimum atomic E-state index is -0.504. The van der Waals surface area contributed by atoms with Crippen LogP contribution in [0.15, 0.2) is 53.9 Å². The molecule has 0 aliphatic carbocycles. The third kappa shape index (κ3) is 4.84. The number of aryl methyl sites for hydroxylation is 1. The number of benzene rings is 2. The summed E-state index contributed by atoms with van der Waals surface area (Å²) in [5.41, 5.74) is 3.21. The number of hydrogen-bond donors (Lipinski definition) is 2. The zero-order chi connectivity index (χ0) is 20.3. The van der Waals surface area contributed by atoms with E-state index in [1.165, 1.54) is 0 Å². The number of aromatic nitrogens is 1. The molecule has 0 bridgehead atoms. The first-order chi connectivity index (χ1) is 13.2. The highest BCUT2D eigenvalue weighted by Gasteiger charge is 2.21. The van der Waals surface area contributed by atoms with Crippen LogP contribution in [0, 0.1) is 12.3 Å². The van der Waals surface area contributed by atoms with Gasteiger partial charge < -0.3 is 10.6 Å². The Morgan fingerprint density at radius 2 is 1.68 bits per heavy atom. The minimum Gasteiger partial charge on any atom is -0.326 e. The maximum atomic E-state index is 12.6. The van der Waals surface area contributed by atoms with Gasteiger partial charge in [0.15, 0.2) is 0 Å². The smallest absolute Gasteiger partial charge is 0.255 e. The second kappa shape index (κ2) is 7.94. The molecular weight excluding hydrogens is 370 g/mol. The van der Waals surface area contributed by atoms with Crippen LogP contribution in [0.2, 0.25) is 0 Å². The molecule has 6 heteroatoms. The highest BCUT2D eigenvalue weighted by molar-refractivity contribution is 7.09. The lowest BCUT2D eigenvalue weighted by molar-refractivity contribution is -0.123. The number of hydrogen-bond acceptors (Lipinski definition) is 4. The molecule has 0 saturated carbocycles. The fourth-order valence-electron chi connectivity index (χ4n) is 2.48. The van der Waals surface area contributed by atoms with E-state index in [1.54, 1.807) is 35.6 Å². The van der Waals surface area contributed by atoms with Crippen LogP contribution in [-0.4, -0.2) is 16.8 Å². The SMILES string of the molecule is Cc1nc(-c2ccc(NC(=O)c3cccc(NC(=O)C(C)(C)C)c3)cc2)cs1. The van der Waals surface area contributed by atoms with Gasteiger partial charge in [0.25, 0.3) is 5.91 Å². The van der Waals surface area contributed by atoms with Crippen molar-refractivity contribution in [3.05, 3.63) is 64.5 Å². The van der Waals surface area contributed by atoms with Crippen LogP contribution in [-0.2, 0) is 4.79 Å². The molecule has 28 heavy (non-hydrogen) atoms. The zero-order valence-electron chi connectivity index (χ0n) is 16.4. The van der Waals surface area contributed by atoms with Crippen LogP contribution in [0.1, 0.15) is 36.1 Å². The maximum absolute atomic E-state index is 12.6. The molecule has 0 radical (unpaired) electrons. The van der Waals surface area contributed by atoms with E-state index >= 15 is 0 Å². The number of carbonyl (C=O) groups is 2. The average Bonchev–Trinajstić information content (AvgIpc) is 3.08. The third-order valence-corrected chi connectivity index (χ3v) is 4.89. The molecule has 1 aromatic heterocycles. The second-order valence-electron chi connectivity index (χ2n) is 7.57. The number of rotatable bonds is 4.